The minimum absolute atomic E-state index is 0.138. The average Bonchev–Trinajstić information content (AvgIpc) is 2.34. The third kappa shape index (κ3) is 2.62. The Labute approximate surface area is 106 Å². The SMILES string of the molecule is O=C(Nc1ccc(F)c(F)c1)c1cnccc1Cl. The van der Waals surface area contributed by atoms with Crippen molar-refractivity contribution in [3.8, 4) is 0 Å². The van der Waals surface area contributed by atoms with Crippen molar-refractivity contribution in [2.24, 2.45) is 0 Å². The van der Waals surface area contributed by atoms with Crippen LogP contribution < -0.4 is 5.32 Å². The molecule has 2 aromatic rings. The van der Waals surface area contributed by atoms with E-state index >= 15 is 0 Å². The lowest BCUT2D eigenvalue weighted by Gasteiger charge is -2.06. The molecule has 1 amide bonds. The molecule has 3 nitrogen and oxygen atoms in total. The molecule has 2 rings (SSSR count). The van der Waals surface area contributed by atoms with Crippen LogP contribution in [-0.2, 0) is 0 Å². The van der Waals surface area contributed by atoms with Gasteiger partial charge in [-0.3, -0.25) is 9.78 Å². The second-order valence-corrected chi connectivity index (χ2v) is 3.85. The number of nitrogens with one attached hydrogen (secondary N) is 1. The van der Waals surface area contributed by atoms with E-state index in [4.69, 9.17) is 11.6 Å². The van der Waals surface area contributed by atoms with E-state index in [0.29, 0.717) is 0 Å². The first-order valence-electron chi connectivity index (χ1n) is 4.94. The zero-order chi connectivity index (χ0) is 13.1. The second-order valence-electron chi connectivity index (χ2n) is 3.44. The highest BCUT2D eigenvalue weighted by Crippen LogP contribution is 2.17. The van der Waals surface area contributed by atoms with Gasteiger partial charge in [0.1, 0.15) is 0 Å². The van der Waals surface area contributed by atoms with Gasteiger partial charge in [-0.15, -0.1) is 0 Å². The number of aromatic nitrogens is 1. The van der Waals surface area contributed by atoms with Crippen molar-refractivity contribution in [2.45, 2.75) is 0 Å². The summed E-state index contributed by atoms with van der Waals surface area (Å²) in [5.74, 6) is -2.56. The molecule has 0 saturated heterocycles. The molecule has 1 aromatic heterocycles. The summed E-state index contributed by atoms with van der Waals surface area (Å²) in [6.45, 7) is 0. The Morgan fingerprint density at radius 1 is 1.22 bits per heavy atom. The number of anilines is 1. The van der Waals surface area contributed by atoms with Gasteiger partial charge in [-0.05, 0) is 18.2 Å². The molecule has 6 heteroatoms. The normalized spacial score (nSPS) is 10.2. The molecule has 0 spiro atoms. The van der Waals surface area contributed by atoms with Crippen molar-refractivity contribution in [1.82, 2.24) is 4.98 Å². The number of nitrogens with zero attached hydrogens (tertiary/aromatic N) is 1. The summed E-state index contributed by atoms with van der Waals surface area (Å²) in [4.78, 5) is 15.5. The van der Waals surface area contributed by atoms with Crippen molar-refractivity contribution in [1.29, 1.82) is 0 Å². The van der Waals surface area contributed by atoms with Gasteiger partial charge < -0.3 is 5.32 Å². The van der Waals surface area contributed by atoms with Crippen molar-refractivity contribution in [3.05, 3.63) is 58.9 Å². The number of hydrogen-bond donors (Lipinski definition) is 1. The van der Waals surface area contributed by atoms with Crippen molar-refractivity contribution in [3.63, 3.8) is 0 Å². The molecule has 0 fully saturated rings. The smallest absolute Gasteiger partial charge is 0.258 e. The van der Waals surface area contributed by atoms with E-state index in [9.17, 15) is 13.6 Å². The molecule has 0 unspecified atom stereocenters. The minimum Gasteiger partial charge on any atom is -0.322 e. The summed E-state index contributed by atoms with van der Waals surface area (Å²) >= 11 is 5.81. The van der Waals surface area contributed by atoms with Crippen LogP contribution in [0.4, 0.5) is 14.5 Å². The number of carbonyl (C=O) groups excluding carboxylic acids is 1. The highest BCUT2D eigenvalue weighted by atomic mass is 35.5. The Bertz CT molecular complexity index is 604. The molecule has 1 N–H and O–H groups in total. The van der Waals surface area contributed by atoms with Crippen molar-refractivity contribution >= 4 is 23.2 Å². The maximum absolute atomic E-state index is 12.9. The fourth-order valence-corrected chi connectivity index (χ4v) is 1.51. The van der Waals surface area contributed by atoms with Crippen LogP contribution in [0.3, 0.4) is 0 Å². The first kappa shape index (κ1) is 12.4. The highest BCUT2D eigenvalue weighted by molar-refractivity contribution is 6.34. The van der Waals surface area contributed by atoms with Crippen LogP contribution in [0, 0.1) is 11.6 Å². The lowest BCUT2D eigenvalue weighted by Crippen LogP contribution is -2.13. The van der Waals surface area contributed by atoms with E-state index in [1.165, 1.54) is 24.5 Å². The Morgan fingerprint density at radius 3 is 2.67 bits per heavy atom. The van der Waals surface area contributed by atoms with Crippen LogP contribution in [0.25, 0.3) is 0 Å². The van der Waals surface area contributed by atoms with Crippen LogP contribution in [0.15, 0.2) is 36.7 Å². The van der Waals surface area contributed by atoms with Crippen LogP contribution in [0.2, 0.25) is 5.02 Å². The van der Waals surface area contributed by atoms with Crippen LogP contribution in [-0.4, -0.2) is 10.9 Å². The number of rotatable bonds is 2. The third-order valence-corrected chi connectivity index (χ3v) is 2.52. The zero-order valence-corrected chi connectivity index (χ0v) is 9.71. The first-order chi connectivity index (χ1) is 8.58. The van der Waals surface area contributed by atoms with Crippen molar-refractivity contribution < 1.29 is 13.6 Å². The molecule has 0 saturated carbocycles. The Balaban J connectivity index is 2.22. The number of carbonyl (C=O) groups is 1. The zero-order valence-electron chi connectivity index (χ0n) is 8.95. The average molecular weight is 269 g/mol. The van der Waals surface area contributed by atoms with Crippen LogP contribution in [0.5, 0.6) is 0 Å². The number of amides is 1. The molecular weight excluding hydrogens is 262 g/mol. The van der Waals surface area contributed by atoms with Gasteiger partial charge in [0.05, 0.1) is 10.6 Å². The quantitative estimate of drug-likeness (QED) is 0.908. The molecule has 0 radical (unpaired) electrons. The van der Waals surface area contributed by atoms with Gasteiger partial charge >= 0.3 is 0 Å². The van der Waals surface area contributed by atoms with E-state index in [2.05, 4.69) is 10.3 Å². The summed E-state index contributed by atoms with van der Waals surface area (Å²) in [5, 5.41) is 2.62. The minimum atomic E-state index is -1.04. The van der Waals surface area contributed by atoms with E-state index in [1.54, 1.807) is 0 Å². The van der Waals surface area contributed by atoms with Gasteiger partial charge in [-0.2, -0.15) is 0 Å². The molecule has 1 heterocycles. The number of halogens is 3. The molecule has 0 aliphatic carbocycles. The molecule has 0 aliphatic rings. The highest BCUT2D eigenvalue weighted by Gasteiger charge is 2.11. The summed E-state index contributed by atoms with van der Waals surface area (Å²) in [6.07, 6.45) is 2.73. The van der Waals surface area contributed by atoms with Gasteiger partial charge in [0.2, 0.25) is 0 Å². The maximum Gasteiger partial charge on any atom is 0.258 e. The standard InChI is InChI=1S/C12H7ClF2N2O/c13-9-3-4-16-6-8(9)12(18)17-7-1-2-10(14)11(15)5-7/h1-6H,(H,17,18). The number of hydrogen-bond acceptors (Lipinski definition) is 2. The predicted molar refractivity (Wildman–Crippen MR) is 63.6 cm³/mol. The predicted octanol–water partition coefficient (Wildman–Crippen LogP) is 3.27. The number of benzene rings is 1. The van der Waals surface area contributed by atoms with Crippen molar-refractivity contribution in [2.75, 3.05) is 5.32 Å². The van der Waals surface area contributed by atoms with Crippen LogP contribution >= 0.6 is 11.6 Å². The Kier molecular flexibility index (Phi) is 3.53. The Hall–Kier alpha value is -2.01. The third-order valence-electron chi connectivity index (χ3n) is 2.19. The van der Waals surface area contributed by atoms with Gasteiger partial charge in [-0.25, -0.2) is 8.78 Å². The fourth-order valence-electron chi connectivity index (χ4n) is 1.32. The first-order valence-corrected chi connectivity index (χ1v) is 5.31. The van der Waals surface area contributed by atoms with Gasteiger partial charge in [0.25, 0.3) is 5.91 Å². The summed E-state index contributed by atoms with van der Waals surface area (Å²) in [5.41, 5.74) is 0.294. The second kappa shape index (κ2) is 5.10. The van der Waals surface area contributed by atoms with E-state index in [1.807, 2.05) is 0 Å². The van der Waals surface area contributed by atoms with Gasteiger partial charge in [0.15, 0.2) is 11.6 Å². The van der Waals surface area contributed by atoms with Gasteiger partial charge in [0, 0.05) is 24.1 Å². The van der Waals surface area contributed by atoms with Crippen LogP contribution in [0.1, 0.15) is 10.4 Å². The molecular formula is C12H7ClF2N2O. The van der Waals surface area contributed by atoms with E-state index in [0.717, 1.165) is 12.1 Å². The van der Waals surface area contributed by atoms with E-state index in [-0.39, 0.29) is 16.3 Å². The molecule has 0 bridgehead atoms. The lowest BCUT2D eigenvalue weighted by molar-refractivity contribution is 0.102. The maximum atomic E-state index is 12.9. The summed E-state index contributed by atoms with van der Waals surface area (Å²) in [6, 6.07) is 4.52. The summed E-state index contributed by atoms with van der Waals surface area (Å²) in [7, 11) is 0. The monoisotopic (exact) mass is 268 g/mol. The lowest BCUT2D eigenvalue weighted by atomic mass is 10.2. The largest absolute Gasteiger partial charge is 0.322 e. The summed E-state index contributed by atoms with van der Waals surface area (Å²) < 4.78 is 25.7. The molecule has 0 atom stereocenters. The van der Waals surface area contributed by atoms with E-state index < -0.39 is 17.5 Å². The van der Waals surface area contributed by atoms with Gasteiger partial charge in [-0.1, -0.05) is 11.6 Å². The fraction of sp³-hybridized carbons (Fsp3) is 0. The topological polar surface area (TPSA) is 42.0 Å². The Morgan fingerprint density at radius 2 is 2.00 bits per heavy atom. The molecule has 18 heavy (non-hydrogen) atoms. The molecule has 92 valence electrons. The molecule has 1 aromatic carbocycles. The number of pyridine rings is 1. The molecule has 0 aliphatic heterocycles.